The zero-order valence-electron chi connectivity index (χ0n) is 6.92. The molecule has 0 radical (unpaired) electrons. The molecule has 0 aliphatic rings. The van der Waals surface area contributed by atoms with Gasteiger partial charge in [-0.25, -0.2) is 0 Å². The van der Waals surface area contributed by atoms with Crippen LogP contribution in [0.3, 0.4) is 0 Å². The third-order valence-corrected chi connectivity index (χ3v) is 2.06. The lowest BCUT2D eigenvalue weighted by Gasteiger charge is -1.91. The Kier molecular flexibility index (Phi) is 6.71. The summed E-state index contributed by atoms with van der Waals surface area (Å²) in [6, 6.07) is 0. The maximum Gasteiger partial charge on any atom is 0.0431 e. The third kappa shape index (κ3) is 5.89. The Labute approximate surface area is 67.6 Å². The highest BCUT2D eigenvalue weighted by Crippen LogP contribution is 2.08. The third-order valence-electron chi connectivity index (χ3n) is 0.909. The lowest BCUT2D eigenvalue weighted by atomic mass is 10.6. The summed E-state index contributed by atoms with van der Waals surface area (Å²) in [5.41, 5.74) is 1.10. The van der Waals surface area contributed by atoms with Crippen molar-refractivity contribution in [3.8, 4) is 0 Å². The lowest BCUT2D eigenvalue weighted by molar-refractivity contribution is 1.11. The van der Waals surface area contributed by atoms with Crippen molar-refractivity contribution in [3.63, 3.8) is 0 Å². The normalized spacial score (nSPS) is 12.9. The van der Waals surface area contributed by atoms with Gasteiger partial charge in [0.15, 0.2) is 0 Å². The molecule has 0 fully saturated rings. The van der Waals surface area contributed by atoms with E-state index in [1.165, 1.54) is 12.2 Å². The van der Waals surface area contributed by atoms with E-state index in [0.717, 1.165) is 5.70 Å². The van der Waals surface area contributed by atoms with Crippen molar-refractivity contribution in [3.05, 3.63) is 11.1 Å². The number of hydrogen-bond acceptors (Lipinski definition) is 2. The van der Waals surface area contributed by atoms with Crippen LogP contribution in [0.1, 0.15) is 27.2 Å². The van der Waals surface area contributed by atoms with Crippen molar-refractivity contribution in [2.75, 3.05) is 5.75 Å². The molecule has 0 aliphatic carbocycles. The van der Waals surface area contributed by atoms with E-state index in [1.54, 1.807) is 0 Å². The average molecular weight is 157 g/mol. The fraction of sp³-hybridized carbons (Fsp3) is 0.625. The molecular formula is C8H15NS. The summed E-state index contributed by atoms with van der Waals surface area (Å²) in [6.07, 6.45) is 3.04. The second-order valence-corrected chi connectivity index (χ2v) is 2.99. The van der Waals surface area contributed by atoms with E-state index in [0.29, 0.717) is 0 Å². The van der Waals surface area contributed by atoms with E-state index in [-0.39, 0.29) is 0 Å². The number of rotatable bonds is 4. The molecule has 0 saturated heterocycles. The molecule has 0 amide bonds. The molecule has 0 rings (SSSR count). The predicted octanol–water partition coefficient (Wildman–Crippen LogP) is 3.08. The van der Waals surface area contributed by atoms with E-state index in [9.17, 15) is 0 Å². The van der Waals surface area contributed by atoms with Gasteiger partial charge in [-0.3, -0.25) is 4.99 Å². The van der Waals surface area contributed by atoms with Gasteiger partial charge in [-0.2, -0.15) is 0 Å². The first-order valence-electron chi connectivity index (χ1n) is 3.58. The monoisotopic (exact) mass is 157 g/mol. The molecule has 10 heavy (non-hydrogen) atoms. The minimum absolute atomic E-state index is 1.10. The Bertz CT molecular complexity index is 127. The second-order valence-electron chi connectivity index (χ2n) is 2.02. The Morgan fingerprint density at radius 3 is 2.80 bits per heavy atom. The van der Waals surface area contributed by atoms with Crippen molar-refractivity contribution in [1.29, 1.82) is 0 Å². The van der Waals surface area contributed by atoms with E-state index >= 15 is 0 Å². The number of allylic oxidation sites excluding steroid dienone is 1. The molecule has 0 heterocycles. The van der Waals surface area contributed by atoms with Gasteiger partial charge in [0.1, 0.15) is 0 Å². The summed E-state index contributed by atoms with van der Waals surface area (Å²) < 4.78 is 0. The molecule has 0 aromatic rings. The van der Waals surface area contributed by atoms with Gasteiger partial charge in [0.05, 0.1) is 0 Å². The van der Waals surface area contributed by atoms with E-state index in [1.807, 2.05) is 31.8 Å². The summed E-state index contributed by atoms with van der Waals surface area (Å²) in [7, 11) is 0. The van der Waals surface area contributed by atoms with Gasteiger partial charge in [-0.1, -0.05) is 6.92 Å². The lowest BCUT2D eigenvalue weighted by Crippen LogP contribution is -1.71. The standard InChI is InChI=1S/C8H15NS/c1-4-6-10-7-8(3)9-5-2/h5,7H,4,6H2,1-3H3/b8-7-,9-5-. The van der Waals surface area contributed by atoms with Gasteiger partial charge in [-0.05, 0) is 31.4 Å². The molecule has 0 aromatic carbocycles. The molecule has 58 valence electrons. The van der Waals surface area contributed by atoms with E-state index in [4.69, 9.17) is 0 Å². The fourth-order valence-corrected chi connectivity index (χ4v) is 1.19. The van der Waals surface area contributed by atoms with Gasteiger partial charge in [0, 0.05) is 11.9 Å². The highest BCUT2D eigenvalue weighted by Gasteiger charge is 1.81. The van der Waals surface area contributed by atoms with Gasteiger partial charge in [0.2, 0.25) is 0 Å². The van der Waals surface area contributed by atoms with E-state index < -0.39 is 0 Å². The maximum absolute atomic E-state index is 4.11. The molecule has 0 aromatic heterocycles. The molecule has 0 spiro atoms. The largest absolute Gasteiger partial charge is 0.266 e. The van der Waals surface area contributed by atoms with Crippen LogP contribution in [0.4, 0.5) is 0 Å². The van der Waals surface area contributed by atoms with Crippen LogP contribution in [0, 0.1) is 0 Å². The predicted molar refractivity (Wildman–Crippen MR) is 50.7 cm³/mol. The molecule has 0 N–H and O–H groups in total. The first-order chi connectivity index (χ1) is 4.81. The zero-order chi connectivity index (χ0) is 7.82. The van der Waals surface area contributed by atoms with Gasteiger partial charge in [-0.15, -0.1) is 11.8 Å². The number of hydrogen-bond donors (Lipinski definition) is 0. The van der Waals surface area contributed by atoms with E-state index in [2.05, 4.69) is 17.3 Å². The highest BCUT2D eigenvalue weighted by atomic mass is 32.2. The summed E-state index contributed by atoms with van der Waals surface area (Å²) in [6.45, 7) is 6.13. The minimum Gasteiger partial charge on any atom is -0.266 e. The molecule has 0 aliphatic heterocycles. The SMILES string of the molecule is C/C=N\C(C)=C/SCCC. The minimum atomic E-state index is 1.10. The molecule has 0 unspecified atom stereocenters. The quantitative estimate of drug-likeness (QED) is 0.451. The van der Waals surface area contributed by atoms with Crippen molar-refractivity contribution in [1.82, 2.24) is 0 Å². The smallest absolute Gasteiger partial charge is 0.0431 e. The molecule has 1 nitrogen and oxygen atoms in total. The highest BCUT2D eigenvalue weighted by molar-refractivity contribution is 8.02. The number of thioether (sulfide) groups is 1. The Morgan fingerprint density at radius 1 is 1.60 bits per heavy atom. The van der Waals surface area contributed by atoms with Crippen LogP contribution in [0.15, 0.2) is 16.1 Å². The van der Waals surface area contributed by atoms with Crippen LogP contribution >= 0.6 is 11.8 Å². The first-order valence-corrected chi connectivity index (χ1v) is 4.63. The average Bonchev–Trinajstić information content (AvgIpc) is 1.89. The fourth-order valence-electron chi connectivity index (χ4n) is 0.531. The van der Waals surface area contributed by atoms with Crippen molar-refractivity contribution >= 4 is 18.0 Å². The summed E-state index contributed by atoms with van der Waals surface area (Å²) >= 11 is 1.83. The van der Waals surface area contributed by atoms with Crippen LogP contribution < -0.4 is 0 Å². The van der Waals surface area contributed by atoms with Gasteiger partial charge >= 0.3 is 0 Å². The van der Waals surface area contributed by atoms with Crippen LogP contribution in [0.5, 0.6) is 0 Å². The van der Waals surface area contributed by atoms with Crippen molar-refractivity contribution < 1.29 is 0 Å². The van der Waals surface area contributed by atoms with Crippen LogP contribution in [-0.4, -0.2) is 12.0 Å². The Morgan fingerprint density at radius 2 is 2.30 bits per heavy atom. The molecular weight excluding hydrogens is 142 g/mol. The Hall–Kier alpha value is -0.240. The molecule has 0 saturated carbocycles. The van der Waals surface area contributed by atoms with Gasteiger partial charge in [0.25, 0.3) is 0 Å². The number of aliphatic imine (C=N–C) groups is 1. The number of nitrogens with zero attached hydrogens (tertiary/aromatic N) is 1. The van der Waals surface area contributed by atoms with Crippen molar-refractivity contribution in [2.24, 2.45) is 4.99 Å². The van der Waals surface area contributed by atoms with Crippen LogP contribution in [0.2, 0.25) is 0 Å². The topological polar surface area (TPSA) is 12.4 Å². The summed E-state index contributed by atoms with van der Waals surface area (Å²) in [4.78, 5) is 4.11. The van der Waals surface area contributed by atoms with Crippen LogP contribution in [0.25, 0.3) is 0 Å². The Balaban J connectivity index is 3.47. The molecule has 0 atom stereocenters. The first kappa shape index (κ1) is 9.76. The van der Waals surface area contributed by atoms with Crippen molar-refractivity contribution in [2.45, 2.75) is 27.2 Å². The second kappa shape index (κ2) is 6.87. The van der Waals surface area contributed by atoms with Crippen LogP contribution in [-0.2, 0) is 0 Å². The molecule has 0 bridgehead atoms. The summed E-state index contributed by atoms with van der Waals surface area (Å²) in [5.74, 6) is 1.19. The zero-order valence-corrected chi connectivity index (χ0v) is 7.74. The van der Waals surface area contributed by atoms with Gasteiger partial charge < -0.3 is 0 Å². The maximum atomic E-state index is 4.11. The summed E-state index contributed by atoms with van der Waals surface area (Å²) in [5, 5.41) is 2.10. The molecule has 2 heteroatoms.